The van der Waals surface area contributed by atoms with Gasteiger partial charge in [0, 0.05) is 22.5 Å². The van der Waals surface area contributed by atoms with Crippen LogP contribution >= 0.6 is 28.6 Å². The first kappa shape index (κ1) is 10.8. The highest BCUT2D eigenvalue weighted by atomic mass is 35.9. The van der Waals surface area contributed by atoms with Crippen LogP contribution in [0.15, 0.2) is 42.5 Å². The monoisotopic (exact) mass is 260 g/mol. The van der Waals surface area contributed by atoms with Crippen LogP contribution in [0.4, 0.5) is 0 Å². The van der Waals surface area contributed by atoms with Gasteiger partial charge in [-0.25, -0.2) is 4.57 Å². The van der Waals surface area contributed by atoms with Crippen molar-refractivity contribution < 1.29 is 9.09 Å². The third kappa shape index (κ3) is 2.88. The summed E-state index contributed by atoms with van der Waals surface area (Å²) in [6.07, 6.45) is -3.52. The minimum absolute atomic E-state index is 0.405. The number of rotatable bonds is 2. The summed E-state index contributed by atoms with van der Waals surface area (Å²) in [7, 11) is 0. The molecule has 0 bridgehead atoms. The van der Waals surface area contributed by atoms with Crippen molar-refractivity contribution in [1.29, 1.82) is 0 Å². The summed E-state index contributed by atoms with van der Waals surface area (Å²) in [6.45, 7) is 0. The van der Waals surface area contributed by atoms with E-state index >= 15 is 0 Å². The van der Waals surface area contributed by atoms with E-state index in [4.69, 9.17) is 27.0 Å². The molecule has 0 radical (unpaired) electrons. The molecular weight excluding hydrogens is 254 g/mol. The molecule has 78 valence electrons. The van der Waals surface area contributed by atoms with E-state index in [0.29, 0.717) is 5.75 Å². The van der Waals surface area contributed by atoms with E-state index in [1.807, 2.05) is 30.3 Å². The van der Waals surface area contributed by atoms with Gasteiger partial charge in [0.2, 0.25) is 0 Å². The first-order valence-electron chi connectivity index (χ1n) is 4.22. The lowest BCUT2D eigenvalue weighted by molar-refractivity contribution is 0.513. The van der Waals surface area contributed by atoms with Crippen molar-refractivity contribution in [2.24, 2.45) is 0 Å². The van der Waals surface area contributed by atoms with E-state index < -0.39 is 6.07 Å². The molecule has 2 rings (SSSR count). The Morgan fingerprint density at radius 1 is 1.00 bits per heavy atom. The Morgan fingerprint density at radius 2 is 1.67 bits per heavy atom. The molecule has 15 heavy (non-hydrogen) atoms. The number of halogens is 2. The van der Waals surface area contributed by atoms with Gasteiger partial charge in [-0.15, -0.1) is 0 Å². The molecule has 0 amide bonds. The summed E-state index contributed by atoms with van der Waals surface area (Å²) in [5.74, 6) is 0.405. The molecule has 0 heterocycles. The minimum Gasteiger partial charge on any atom is -0.422 e. The molecule has 0 saturated heterocycles. The smallest absolute Gasteiger partial charge is 0.422 e. The normalized spacial score (nSPS) is 11.6. The molecule has 0 aliphatic carbocycles. The second-order valence-electron chi connectivity index (χ2n) is 3.01. The lowest BCUT2D eigenvalue weighted by Gasteiger charge is -2.06. The maximum Gasteiger partial charge on any atom is 0.428 e. The van der Waals surface area contributed by atoms with Crippen LogP contribution in [0.25, 0.3) is 10.8 Å². The van der Waals surface area contributed by atoms with Crippen LogP contribution in [0.2, 0.25) is 0 Å². The average Bonchev–Trinajstić information content (AvgIpc) is 2.15. The van der Waals surface area contributed by atoms with Crippen LogP contribution in [0, 0.1) is 0 Å². The van der Waals surface area contributed by atoms with Gasteiger partial charge >= 0.3 is 6.07 Å². The Kier molecular flexibility index (Phi) is 2.92. The molecule has 2 aromatic carbocycles. The van der Waals surface area contributed by atoms with Crippen molar-refractivity contribution in [2.75, 3.05) is 0 Å². The zero-order valence-corrected chi connectivity index (χ0v) is 9.97. The predicted octanol–water partition coefficient (Wildman–Crippen LogP) is 4.80. The third-order valence-electron chi connectivity index (χ3n) is 1.93. The first-order chi connectivity index (χ1) is 7.04. The van der Waals surface area contributed by atoms with Gasteiger partial charge in [0.05, 0.1) is 0 Å². The summed E-state index contributed by atoms with van der Waals surface area (Å²) in [5, 5.41) is 2.06. The lowest BCUT2D eigenvalue weighted by atomic mass is 10.1. The highest BCUT2D eigenvalue weighted by Gasteiger charge is 2.15. The Bertz CT molecular complexity index is 536. The quantitative estimate of drug-likeness (QED) is 0.725. The zero-order chi connectivity index (χ0) is 10.9. The second-order valence-corrected chi connectivity index (χ2v) is 7.22. The largest absolute Gasteiger partial charge is 0.428 e. The van der Waals surface area contributed by atoms with Gasteiger partial charge in [0.1, 0.15) is 5.75 Å². The molecule has 0 aliphatic heterocycles. The summed E-state index contributed by atoms with van der Waals surface area (Å²) in [4.78, 5) is 0. The predicted molar refractivity (Wildman–Crippen MR) is 63.9 cm³/mol. The molecule has 0 spiro atoms. The molecule has 0 N–H and O–H groups in total. The fourth-order valence-corrected chi connectivity index (χ4v) is 2.18. The van der Waals surface area contributed by atoms with Gasteiger partial charge in [-0.05, 0) is 22.9 Å². The second kappa shape index (κ2) is 4.05. The van der Waals surface area contributed by atoms with E-state index in [1.165, 1.54) is 0 Å². The van der Waals surface area contributed by atoms with E-state index in [0.717, 1.165) is 10.8 Å². The van der Waals surface area contributed by atoms with Gasteiger partial charge in [0.15, 0.2) is 0 Å². The van der Waals surface area contributed by atoms with E-state index in [9.17, 15) is 4.57 Å². The molecule has 0 aromatic heterocycles. The molecule has 0 unspecified atom stereocenters. The Hall–Kier alpha value is -0.690. The molecule has 2 nitrogen and oxygen atoms in total. The first-order valence-corrected chi connectivity index (χ1v) is 7.66. The third-order valence-corrected chi connectivity index (χ3v) is 2.77. The van der Waals surface area contributed by atoms with Gasteiger partial charge in [-0.2, -0.15) is 0 Å². The highest BCUT2D eigenvalue weighted by molar-refractivity contribution is 8.05. The Labute approximate surface area is 96.8 Å². The number of benzene rings is 2. The van der Waals surface area contributed by atoms with Crippen LogP contribution in [0.5, 0.6) is 5.75 Å². The maximum absolute atomic E-state index is 11.0. The standard InChI is InChI=1S/C10H7Cl2O2P/c11-15(12,13)14-10-6-5-8-3-1-2-4-9(8)7-10/h1-7H. The zero-order valence-electron chi connectivity index (χ0n) is 7.56. The fraction of sp³-hybridized carbons (Fsp3) is 0. The lowest BCUT2D eigenvalue weighted by Crippen LogP contribution is -1.81. The molecule has 0 fully saturated rings. The fourth-order valence-electron chi connectivity index (χ4n) is 1.35. The van der Waals surface area contributed by atoms with E-state index in [1.54, 1.807) is 12.1 Å². The highest BCUT2D eigenvalue weighted by Crippen LogP contribution is 2.57. The van der Waals surface area contributed by atoms with Crippen molar-refractivity contribution in [1.82, 2.24) is 0 Å². The van der Waals surface area contributed by atoms with Crippen molar-refractivity contribution in [3.05, 3.63) is 42.5 Å². The molecule has 2 aromatic rings. The number of hydrogen-bond donors (Lipinski definition) is 0. The molecule has 5 heteroatoms. The summed E-state index contributed by atoms with van der Waals surface area (Å²) in [5.41, 5.74) is 0. The van der Waals surface area contributed by atoms with Crippen LogP contribution in [-0.4, -0.2) is 0 Å². The van der Waals surface area contributed by atoms with Crippen molar-refractivity contribution in [3.8, 4) is 5.75 Å². The summed E-state index contributed by atoms with van der Waals surface area (Å²) in [6, 6.07) is 13.0. The van der Waals surface area contributed by atoms with Gasteiger partial charge in [-0.1, -0.05) is 30.3 Å². The van der Waals surface area contributed by atoms with Crippen LogP contribution in [-0.2, 0) is 4.57 Å². The van der Waals surface area contributed by atoms with Crippen molar-refractivity contribution in [2.45, 2.75) is 0 Å². The summed E-state index contributed by atoms with van der Waals surface area (Å²) >= 11 is 10.6. The van der Waals surface area contributed by atoms with Gasteiger partial charge < -0.3 is 4.52 Å². The van der Waals surface area contributed by atoms with Crippen molar-refractivity contribution in [3.63, 3.8) is 0 Å². The van der Waals surface area contributed by atoms with Crippen LogP contribution in [0.3, 0.4) is 0 Å². The van der Waals surface area contributed by atoms with Crippen LogP contribution in [0.1, 0.15) is 0 Å². The average molecular weight is 261 g/mol. The molecule has 0 saturated carbocycles. The SMILES string of the molecule is O=P(Cl)(Cl)Oc1ccc2ccccc2c1. The van der Waals surface area contributed by atoms with Crippen molar-refractivity contribution >= 4 is 39.3 Å². The van der Waals surface area contributed by atoms with E-state index in [-0.39, 0.29) is 0 Å². The summed E-state index contributed by atoms with van der Waals surface area (Å²) < 4.78 is 15.9. The minimum atomic E-state index is -3.52. The van der Waals surface area contributed by atoms with Gasteiger partial charge in [-0.3, -0.25) is 0 Å². The maximum atomic E-state index is 11.0. The Balaban J connectivity index is 2.43. The van der Waals surface area contributed by atoms with Gasteiger partial charge in [0.25, 0.3) is 0 Å². The molecule has 0 aliphatic rings. The topological polar surface area (TPSA) is 26.3 Å². The van der Waals surface area contributed by atoms with Crippen LogP contribution < -0.4 is 4.52 Å². The molecule has 0 atom stereocenters. The molecular formula is C10H7Cl2O2P. The Morgan fingerprint density at radius 3 is 2.33 bits per heavy atom. The van der Waals surface area contributed by atoms with E-state index in [2.05, 4.69) is 0 Å². The number of fused-ring (bicyclic) bond motifs is 1. The number of hydrogen-bond acceptors (Lipinski definition) is 2.